The molecule has 2 N–H and O–H groups in total. The van der Waals surface area contributed by atoms with Gasteiger partial charge < -0.3 is 15.2 Å². The Morgan fingerprint density at radius 1 is 1.53 bits per heavy atom. The van der Waals surface area contributed by atoms with E-state index in [0.717, 1.165) is 16.2 Å². The van der Waals surface area contributed by atoms with Crippen molar-refractivity contribution >= 4 is 27.5 Å². The summed E-state index contributed by atoms with van der Waals surface area (Å²) in [7, 11) is 13.1. The van der Waals surface area contributed by atoms with Gasteiger partial charge in [-0.1, -0.05) is 11.8 Å². The maximum Gasteiger partial charge on any atom is 0.133 e. The first-order valence-electron chi connectivity index (χ1n) is 5.33. The predicted molar refractivity (Wildman–Crippen MR) is 71.1 cm³/mol. The van der Waals surface area contributed by atoms with E-state index in [-0.39, 0.29) is 6.04 Å². The fourth-order valence-corrected chi connectivity index (χ4v) is 2.65. The molecule has 1 heterocycles. The fraction of sp³-hybridized carbons (Fsp3) is 0.455. The molecule has 0 aliphatic carbocycles. The van der Waals surface area contributed by atoms with Gasteiger partial charge in [-0.3, -0.25) is 0 Å². The summed E-state index contributed by atoms with van der Waals surface area (Å²) in [6.07, 6.45) is 0.715. The second-order valence-electron chi connectivity index (χ2n) is 4.22. The smallest absolute Gasteiger partial charge is 0.133 e. The number of ether oxygens (including phenoxy) is 2. The highest BCUT2D eigenvalue weighted by Crippen LogP contribution is 2.47. The van der Waals surface area contributed by atoms with Crippen LogP contribution in [-0.4, -0.2) is 33.6 Å². The Morgan fingerprint density at radius 2 is 2.24 bits per heavy atom. The van der Waals surface area contributed by atoms with Crippen molar-refractivity contribution in [1.29, 1.82) is 0 Å². The van der Waals surface area contributed by atoms with E-state index in [1.807, 2.05) is 19.1 Å². The molecule has 1 aliphatic heterocycles. The minimum atomic E-state index is -1.19. The summed E-state index contributed by atoms with van der Waals surface area (Å²) in [6.45, 7) is 1.94. The van der Waals surface area contributed by atoms with E-state index in [1.54, 1.807) is 7.11 Å². The van der Waals surface area contributed by atoms with Crippen molar-refractivity contribution in [2.24, 2.45) is 5.73 Å². The van der Waals surface area contributed by atoms with Crippen LogP contribution in [0.3, 0.4) is 0 Å². The molecule has 0 amide bonds. The monoisotopic (exact) mass is 245 g/mol. The Morgan fingerprint density at radius 3 is 2.82 bits per heavy atom. The summed E-state index contributed by atoms with van der Waals surface area (Å²) < 4.78 is 9.58. The molecule has 1 aromatic rings. The third-order valence-corrected chi connectivity index (χ3v) is 3.37. The Hall–Kier alpha value is -0.740. The normalized spacial score (nSPS) is 18.3. The summed E-state index contributed by atoms with van der Waals surface area (Å²) >= 11 is 1.27. The Kier molecular flexibility index (Phi) is 3.36. The maximum atomic E-state index is 5.80. The van der Waals surface area contributed by atoms with Crippen LogP contribution in [0.5, 0.6) is 11.5 Å². The van der Waals surface area contributed by atoms with Gasteiger partial charge in [-0.2, -0.15) is 0 Å². The molecule has 6 heteroatoms. The van der Waals surface area contributed by atoms with Gasteiger partial charge in [0.25, 0.3) is 0 Å². The van der Waals surface area contributed by atoms with Gasteiger partial charge in [-0.25, -0.2) is 0 Å². The molecule has 2 rings (SSSR count). The summed E-state index contributed by atoms with van der Waals surface area (Å²) in [4.78, 5) is 0.889. The van der Waals surface area contributed by atoms with Gasteiger partial charge >= 0.3 is 0 Å². The molecule has 0 saturated heterocycles. The Bertz CT molecular complexity index is 438. The van der Waals surface area contributed by atoms with Crippen LogP contribution in [0.4, 0.5) is 0 Å². The lowest BCUT2D eigenvalue weighted by Crippen LogP contribution is -2.29. The summed E-state index contributed by atoms with van der Waals surface area (Å²) in [5.41, 5.74) is 6.80. The molecule has 17 heavy (non-hydrogen) atoms. The molecule has 1 unspecified atom stereocenters. The minimum Gasteiger partial charge on any atom is -0.496 e. The van der Waals surface area contributed by atoms with E-state index in [0.29, 0.717) is 12.2 Å². The second-order valence-corrected chi connectivity index (χ2v) is 5.50. The number of rotatable bonds is 3. The van der Waals surface area contributed by atoms with Gasteiger partial charge in [0.1, 0.15) is 27.2 Å². The molecule has 0 spiro atoms. The van der Waals surface area contributed by atoms with Gasteiger partial charge in [-0.15, -0.1) is 0 Å². The molecule has 86 valence electrons. The number of fused-ring (bicyclic) bond motifs is 1. The van der Waals surface area contributed by atoms with Crippen LogP contribution in [-0.2, 0) is 6.42 Å². The van der Waals surface area contributed by atoms with Crippen molar-refractivity contribution in [3.8, 4) is 11.5 Å². The first-order chi connectivity index (χ1) is 7.91. The molecule has 4 radical (unpaired) electrons. The quantitative estimate of drug-likeness (QED) is 0.807. The van der Waals surface area contributed by atoms with Crippen molar-refractivity contribution in [2.45, 2.75) is 29.0 Å². The lowest BCUT2D eigenvalue weighted by Gasteiger charge is -2.17. The Labute approximate surface area is 108 Å². The van der Waals surface area contributed by atoms with Crippen LogP contribution in [0.25, 0.3) is 0 Å². The third kappa shape index (κ3) is 2.75. The number of nitrogens with two attached hydrogens (primary N) is 1. The Balaban J connectivity index is 2.37. The molecule has 1 atom stereocenters. The first-order valence-corrected chi connectivity index (χ1v) is 6.15. The molecule has 1 aromatic carbocycles. The molecule has 0 bridgehead atoms. The number of benzene rings is 1. The van der Waals surface area contributed by atoms with E-state index in [4.69, 9.17) is 30.9 Å². The van der Waals surface area contributed by atoms with Crippen LogP contribution in [0, 0.1) is 0 Å². The van der Waals surface area contributed by atoms with Gasteiger partial charge in [0.15, 0.2) is 0 Å². The van der Waals surface area contributed by atoms with Gasteiger partial charge in [0, 0.05) is 6.04 Å². The SMILES string of the molecule is [B]C1([B])Oc2cc(CC(C)N)c(OC)cc2S1. The molecular weight excluding hydrogens is 232 g/mol. The predicted octanol–water partition coefficient (Wildman–Crippen LogP) is 1.02. The standard InChI is InChI=1S/C11H13B2NO2S/c1-6(14)3-7-4-9-10(5-8(7)15-2)17-11(12,13)16-9/h4-6H,3,14H2,1-2H3. The van der Waals surface area contributed by atoms with Crippen molar-refractivity contribution in [3.63, 3.8) is 0 Å². The molecular formula is C11H13B2NO2S. The largest absolute Gasteiger partial charge is 0.496 e. The van der Waals surface area contributed by atoms with Crippen molar-refractivity contribution < 1.29 is 9.47 Å². The zero-order valence-electron chi connectivity index (χ0n) is 9.90. The van der Waals surface area contributed by atoms with Crippen molar-refractivity contribution in [2.75, 3.05) is 7.11 Å². The van der Waals surface area contributed by atoms with Crippen LogP contribution in [0.1, 0.15) is 12.5 Å². The first kappa shape index (κ1) is 12.7. The molecule has 3 nitrogen and oxygen atoms in total. The summed E-state index contributed by atoms with van der Waals surface area (Å²) in [6, 6.07) is 3.84. The van der Waals surface area contributed by atoms with Crippen LogP contribution < -0.4 is 15.2 Å². The van der Waals surface area contributed by atoms with E-state index in [9.17, 15) is 0 Å². The van der Waals surface area contributed by atoms with E-state index in [2.05, 4.69) is 0 Å². The highest BCUT2D eigenvalue weighted by molar-refractivity contribution is 8.03. The fourth-order valence-electron chi connectivity index (χ4n) is 1.80. The lowest BCUT2D eigenvalue weighted by atomic mass is 9.80. The van der Waals surface area contributed by atoms with Crippen molar-refractivity contribution in [1.82, 2.24) is 0 Å². The number of methoxy groups -OCH3 is 1. The highest BCUT2D eigenvalue weighted by Gasteiger charge is 2.31. The van der Waals surface area contributed by atoms with Crippen LogP contribution in [0.2, 0.25) is 0 Å². The van der Waals surface area contributed by atoms with Crippen molar-refractivity contribution in [3.05, 3.63) is 17.7 Å². The second kappa shape index (κ2) is 4.50. The lowest BCUT2D eigenvalue weighted by molar-refractivity contribution is 0.330. The average Bonchev–Trinajstić information content (AvgIpc) is 2.49. The van der Waals surface area contributed by atoms with Gasteiger partial charge in [0.05, 0.1) is 16.7 Å². The maximum absolute atomic E-state index is 5.80. The zero-order valence-corrected chi connectivity index (χ0v) is 10.7. The summed E-state index contributed by atoms with van der Waals surface area (Å²) in [5.74, 6) is 1.48. The third-order valence-electron chi connectivity index (χ3n) is 2.43. The number of hydrogen-bond donors (Lipinski definition) is 1. The van der Waals surface area contributed by atoms with Gasteiger partial charge in [0.2, 0.25) is 0 Å². The van der Waals surface area contributed by atoms with E-state index in [1.165, 1.54) is 11.8 Å². The average molecular weight is 245 g/mol. The number of thioether (sulfide) groups is 1. The van der Waals surface area contributed by atoms with E-state index < -0.39 is 4.73 Å². The topological polar surface area (TPSA) is 44.5 Å². The zero-order chi connectivity index (χ0) is 12.6. The van der Waals surface area contributed by atoms with Gasteiger partial charge in [-0.05, 0) is 31.0 Å². The van der Waals surface area contributed by atoms with Crippen LogP contribution in [0.15, 0.2) is 17.0 Å². The van der Waals surface area contributed by atoms with E-state index >= 15 is 0 Å². The summed E-state index contributed by atoms with van der Waals surface area (Å²) in [5, 5.41) is 0. The molecule has 1 aliphatic rings. The molecule has 0 saturated carbocycles. The molecule has 0 aromatic heterocycles. The minimum absolute atomic E-state index is 0.0523. The van der Waals surface area contributed by atoms with Crippen LogP contribution >= 0.6 is 11.8 Å². The highest BCUT2D eigenvalue weighted by atomic mass is 32.2. The molecule has 0 fully saturated rings. The number of hydrogen-bond acceptors (Lipinski definition) is 4.